The maximum Gasteiger partial charge on any atom is 0.222 e. The topological polar surface area (TPSA) is 40.5 Å². The molecule has 0 aromatic heterocycles. The van der Waals surface area contributed by atoms with Crippen molar-refractivity contribution in [1.82, 2.24) is 4.90 Å². The van der Waals surface area contributed by atoms with Crippen molar-refractivity contribution in [3.63, 3.8) is 0 Å². The van der Waals surface area contributed by atoms with Crippen LogP contribution in [0.3, 0.4) is 0 Å². The summed E-state index contributed by atoms with van der Waals surface area (Å²) in [7, 11) is 0. The molecule has 94 valence electrons. The molecule has 0 unspecified atom stereocenters. The van der Waals surface area contributed by atoms with Crippen LogP contribution < -0.4 is 0 Å². The van der Waals surface area contributed by atoms with Gasteiger partial charge in [-0.3, -0.25) is 4.79 Å². The maximum atomic E-state index is 11.9. The number of hydrogen-bond donors (Lipinski definition) is 1. The second-order valence-corrected chi connectivity index (χ2v) is 5.96. The van der Waals surface area contributed by atoms with Crippen LogP contribution in [0.2, 0.25) is 0 Å². The van der Waals surface area contributed by atoms with Crippen molar-refractivity contribution in [1.29, 1.82) is 0 Å². The third kappa shape index (κ3) is 4.97. The Balaban J connectivity index is 2.26. The third-order valence-electron chi connectivity index (χ3n) is 2.97. The maximum absolute atomic E-state index is 11.9. The third-order valence-corrected chi connectivity index (χ3v) is 2.97. The number of aliphatic hydroxyl groups is 1. The Labute approximate surface area is 98.8 Å². The van der Waals surface area contributed by atoms with E-state index in [9.17, 15) is 4.79 Å². The summed E-state index contributed by atoms with van der Waals surface area (Å²) in [6.45, 7) is 7.19. The van der Waals surface area contributed by atoms with E-state index in [1.807, 2.05) is 4.90 Å². The number of carbonyl (C=O) groups excluding carboxylic acids is 1. The van der Waals surface area contributed by atoms with Crippen LogP contribution in [0.4, 0.5) is 0 Å². The van der Waals surface area contributed by atoms with Crippen molar-refractivity contribution in [3.05, 3.63) is 0 Å². The minimum Gasteiger partial charge on any atom is -0.395 e. The van der Waals surface area contributed by atoms with Crippen molar-refractivity contribution in [3.8, 4) is 0 Å². The average Bonchev–Trinajstić information content (AvgIpc) is 2.95. The van der Waals surface area contributed by atoms with Crippen molar-refractivity contribution in [2.75, 3.05) is 13.2 Å². The largest absolute Gasteiger partial charge is 0.395 e. The number of carbonyl (C=O) groups is 1. The molecule has 0 atom stereocenters. The molecule has 3 nitrogen and oxygen atoms in total. The van der Waals surface area contributed by atoms with Gasteiger partial charge in [0.25, 0.3) is 0 Å². The zero-order valence-electron chi connectivity index (χ0n) is 10.8. The number of amides is 1. The van der Waals surface area contributed by atoms with Gasteiger partial charge < -0.3 is 10.0 Å². The van der Waals surface area contributed by atoms with Gasteiger partial charge in [-0.15, -0.1) is 0 Å². The fourth-order valence-corrected chi connectivity index (χ4v) is 1.92. The van der Waals surface area contributed by atoms with Gasteiger partial charge in [0.05, 0.1) is 6.61 Å². The summed E-state index contributed by atoms with van der Waals surface area (Å²) in [6, 6.07) is 0.425. The first-order valence-electron chi connectivity index (χ1n) is 6.34. The van der Waals surface area contributed by atoms with E-state index in [0.717, 1.165) is 25.7 Å². The molecule has 1 N–H and O–H groups in total. The minimum atomic E-state index is 0.0848. The van der Waals surface area contributed by atoms with Crippen LogP contribution in [-0.4, -0.2) is 35.1 Å². The Morgan fingerprint density at radius 1 is 1.38 bits per heavy atom. The quantitative estimate of drug-likeness (QED) is 0.755. The Morgan fingerprint density at radius 3 is 2.44 bits per heavy atom. The van der Waals surface area contributed by atoms with Gasteiger partial charge in [0.2, 0.25) is 5.91 Å². The second kappa shape index (κ2) is 5.67. The van der Waals surface area contributed by atoms with Crippen LogP contribution in [0.15, 0.2) is 0 Å². The van der Waals surface area contributed by atoms with Crippen LogP contribution >= 0.6 is 0 Å². The number of rotatable bonds is 6. The summed E-state index contributed by atoms with van der Waals surface area (Å²) in [5, 5.41) is 8.92. The molecule has 0 bridgehead atoms. The van der Waals surface area contributed by atoms with E-state index < -0.39 is 0 Å². The molecule has 1 rings (SSSR count). The Morgan fingerprint density at radius 2 is 2.00 bits per heavy atom. The van der Waals surface area contributed by atoms with E-state index in [4.69, 9.17) is 5.11 Å². The minimum absolute atomic E-state index is 0.0848. The Bertz CT molecular complexity index is 229. The van der Waals surface area contributed by atoms with Crippen molar-refractivity contribution in [2.24, 2.45) is 5.41 Å². The van der Waals surface area contributed by atoms with E-state index >= 15 is 0 Å². The lowest BCUT2D eigenvalue weighted by atomic mass is 9.90. The molecule has 0 aromatic carbocycles. The van der Waals surface area contributed by atoms with Gasteiger partial charge in [-0.25, -0.2) is 0 Å². The zero-order chi connectivity index (χ0) is 12.2. The zero-order valence-corrected chi connectivity index (χ0v) is 10.8. The predicted octanol–water partition coefficient (Wildman–Crippen LogP) is 2.19. The molecule has 1 aliphatic carbocycles. The highest BCUT2D eigenvalue weighted by Crippen LogP contribution is 2.28. The second-order valence-electron chi connectivity index (χ2n) is 5.96. The Kier molecular flexibility index (Phi) is 4.78. The van der Waals surface area contributed by atoms with E-state index in [0.29, 0.717) is 24.4 Å². The van der Waals surface area contributed by atoms with Gasteiger partial charge in [-0.05, 0) is 31.1 Å². The first-order chi connectivity index (χ1) is 7.44. The van der Waals surface area contributed by atoms with Gasteiger partial charge in [0, 0.05) is 19.0 Å². The normalized spacial score (nSPS) is 16.2. The standard InChI is InChI=1S/C13H25NO2/c1-13(2,3)8-4-5-12(16)14(9-10-15)11-6-7-11/h11,15H,4-10H2,1-3H3. The molecule has 0 heterocycles. The lowest BCUT2D eigenvalue weighted by Crippen LogP contribution is -2.35. The number of hydrogen-bond acceptors (Lipinski definition) is 2. The van der Waals surface area contributed by atoms with E-state index in [2.05, 4.69) is 20.8 Å². The first-order valence-corrected chi connectivity index (χ1v) is 6.34. The molecule has 0 saturated heterocycles. The molecule has 1 saturated carbocycles. The van der Waals surface area contributed by atoms with Crippen LogP contribution in [0.5, 0.6) is 0 Å². The smallest absolute Gasteiger partial charge is 0.222 e. The molecule has 3 heteroatoms. The summed E-state index contributed by atoms with van der Waals surface area (Å²) in [4.78, 5) is 13.8. The Hall–Kier alpha value is -0.570. The van der Waals surface area contributed by atoms with Crippen molar-refractivity contribution in [2.45, 2.75) is 58.9 Å². The molecule has 16 heavy (non-hydrogen) atoms. The van der Waals surface area contributed by atoms with Crippen LogP contribution in [0.25, 0.3) is 0 Å². The van der Waals surface area contributed by atoms with Gasteiger partial charge in [-0.1, -0.05) is 20.8 Å². The van der Waals surface area contributed by atoms with E-state index in [-0.39, 0.29) is 12.5 Å². The average molecular weight is 227 g/mol. The van der Waals surface area contributed by atoms with Gasteiger partial charge in [0.1, 0.15) is 0 Å². The van der Waals surface area contributed by atoms with E-state index in [1.54, 1.807) is 0 Å². The molecule has 1 amide bonds. The van der Waals surface area contributed by atoms with Crippen molar-refractivity contribution >= 4 is 5.91 Å². The molecule has 1 aliphatic rings. The predicted molar refractivity (Wildman–Crippen MR) is 65.1 cm³/mol. The molecule has 0 spiro atoms. The monoisotopic (exact) mass is 227 g/mol. The van der Waals surface area contributed by atoms with Crippen LogP contribution in [0.1, 0.15) is 52.9 Å². The molecule has 0 aliphatic heterocycles. The molecule has 1 fully saturated rings. The molecule has 0 aromatic rings. The fourth-order valence-electron chi connectivity index (χ4n) is 1.92. The number of aliphatic hydroxyl groups excluding tert-OH is 1. The SMILES string of the molecule is CC(C)(C)CCCC(=O)N(CCO)C1CC1. The summed E-state index contributed by atoms with van der Waals surface area (Å²) < 4.78 is 0. The highest BCUT2D eigenvalue weighted by atomic mass is 16.3. The van der Waals surface area contributed by atoms with Crippen LogP contribution in [0, 0.1) is 5.41 Å². The van der Waals surface area contributed by atoms with Gasteiger partial charge in [0.15, 0.2) is 0 Å². The molecular weight excluding hydrogens is 202 g/mol. The van der Waals surface area contributed by atoms with Gasteiger partial charge in [-0.2, -0.15) is 0 Å². The van der Waals surface area contributed by atoms with Crippen molar-refractivity contribution < 1.29 is 9.90 Å². The highest BCUT2D eigenvalue weighted by Gasteiger charge is 2.31. The summed E-state index contributed by atoms with van der Waals surface area (Å²) in [5.41, 5.74) is 0.307. The molecule has 0 radical (unpaired) electrons. The number of nitrogens with zero attached hydrogens (tertiary/aromatic N) is 1. The van der Waals surface area contributed by atoms with Crippen LogP contribution in [-0.2, 0) is 4.79 Å². The summed E-state index contributed by atoms with van der Waals surface area (Å²) in [6.07, 6.45) is 4.90. The van der Waals surface area contributed by atoms with Gasteiger partial charge >= 0.3 is 0 Å². The molecular formula is C13H25NO2. The first kappa shape index (κ1) is 13.5. The summed E-state index contributed by atoms with van der Waals surface area (Å²) in [5.74, 6) is 0.223. The summed E-state index contributed by atoms with van der Waals surface area (Å²) >= 11 is 0. The lowest BCUT2D eigenvalue weighted by Gasteiger charge is -2.23. The fraction of sp³-hybridized carbons (Fsp3) is 0.923. The highest BCUT2D eigenvalue weighted by molar-refractivity contribution is 5.76. The lowest BCUT2D eigenvalue weighted by molar-refractivity contribution is -0.132. The van der Waals surface area contributed by atoms with E-state index in [1.165, 1.54) is 0 Å².